The number of carbonyl (C=O) groups is 1. The normalized spacial score (nSPS) is 19.5. The van der Waals surface area contributed by atoms with E-state index in [9.17, 15) is 13.2 Å². The van der Waals surface area contributed by atoms with Gasteiger partial charge in [0.05, 0.1) is 17.1 Å². The summed E-state index contributed by atoms with van der Waals surface area (Å²) in [6.45, 7) is 2.36. The van der Waals surface area contributed by atoms with Gasteiger partial charge in [-0.05, 0) is 37.1 Å². The van der Waals surface area contributed by atoms with E-state index < -0.39 is 9.84 Å². The maximum atomic E-state index is 12.6. The van der Waals surface area contributed by atoms with E-state index in [0.717, 1.165) is 31.7 Å². The molecule has 7 nitrogen and oxygen atoms in total. The van der Waals surface area contributed by atoms with Gasteiger partial charge in [0.1, 0.15) is 5.82 Å². The van der Waals surface area contributed by atoms with Gasteiger partial charge in [0, 0.05) is 51.2 Å². The van der Waals surface area contributed by atoms with Crippen molar-refractivity contribution in [1.29, 1.82) is 0 Å². The van der Waals surface area contributed by atoms with Crippen LogP contribution in [0.15, 0.2) is 48.7 Å². The molecular formula is C22H28N4O3S. The van der Waals surface area contributed by atoms with E-state index in [-0.39, 0.29) is 30.5 Å². The van der Waals surface area contributed by atoms with E-state index in [1.165, 1.54) is 5.69 Å². The number of hydrogen-bond acceptors (Lipinski definition) is 6. The van der Waals surface area contributed by atoms with Crippen molar-refractivity contribution in [1.82, 2.24) is 9.88 Å². The van der Waals surface area contributed by atoms with Crippen LogP contribution < -0.4 is 9.80 Å². The van der Waals surface area contributed by atoms with Crippen LogP contribution >= 0.6 is 0 Å². The zero-order valence-electron chi connectivity index (χ0n) is 17.3. The van der Waals surface area contributed by atoms with Crippen LogP contribution in [-0.2, 0) is 9.84 Å². The number of aromatic nitrogens is 1. The minimum absolute atomic E-state index is 0.0383. The minimum Gasteiger partial charge on any atom is -0.371 e. The lowest BCUT2D eigenvalue weighted by atomic mass is 10.0. The van der Waals surface area contributed by atoms with Crippen molar-refractivity contribution in [3.05, 3.63) is 54.2 Å². The number of hydrogen-bond donors (Lipinski definition) is 0. The van der Waals surface area contributed by atoms with Crippen molar-refractivity contribution in [2.24, 2.45) is 0 Å². The van der Waals surface area contributed by atoms with Gasteiger partial charge in [0.2, 0.25) is 0 Å². The Morgan fingerprint density at radius 2 is 1.67 bits per heavy atom. The highest BCUT2D eigenvalue weighted by atomic mass is 32.2. The highest BCUT2D eigenvalue weighted by Gasteiger charge is 2.27. The first-order valence-electron chi connectivity index (χ1n) is 10.4. The number of pyridine rings is 1. The molecule has 2 aliphatic rings. The molecule has 8 heteroatoms. The van der Waals surface area contributed by atoms with Crippen LogP contribution in [0.3, 0.4) is 0 Å². The van der Waals surface area contributed by atoms with Crippen molar-refractivity contribution in [3.8, 4) is 0 Å². The Morgan fingerprint density at radius 1 is 1.00 bits per heavy atom. The van der Waals surface area contributed by atoms with Crippen molar-refractivity contribution < 1.29 is 13.2 Å². The van der Waals surface area contributed by atoms with Crippen LogP contribution in [0.25, 0.3) is 0 Å². The average molecular weight is 429 g/mol. The third-order valence-electron chi connectivity index (χ3n) is 6.13. The predicted molar refractivity (Wildman–Crippen MR) is 119 cm³/mol. The predicted octanol–water partition coefficient (Wildman–Crippen LogP) is 2.06. The largest absolute Gasteiger partial charge is 0.371 e. The summed E-state index contributed by atoms with van der Waals surface area (Å²) < 4.78 is 23.1. The third-order valence-corrected chi connectivity index (χ3v) is 7.74. The SMILES string of the molecule is CN(c1ccccc1)C1CCN(c2ccc(C(=O)N3CCS(=O)(=O)CC3)cn2)CC1. The molecule has 1 aromatic heterocycles. The molecule has 2 fully saturated rings. The van der Waals surface area contributed by atoms with Crippen LogP contribution in [0.1, 0.15) is 23.2 Å². The summed E-state index contributed by atoms with van der Waals surface area (Å²) in [6, 6.07) is 14.6. The lowest BCUT2D eigenvalue weighted by Gasteiger charge is -2.38. The van der Waals surface area contributed by atoms with Crippen LogP contribution in [0, 0.1) is 0 Å². The van der Waals surface area contributed by atoms with E-state index in [0.29, 0.717) is 11.6 Å². The molecule has 0 aliphatic carbocycles. The van der Waals surface area contributed by atoms with Gasteiger partial charge >= 0.3 is 0 Å². The first kappa shape index (κ1) is 20.7. The quantitative estimate of drug-likeness (QED) is 0.742. The molecule has 160 valence electrons. The van der Waals surface area contributed by atoms with E-state index in [2.05, 4.69) is 46.1 Å². The molecular weight excluding hydrogens is 400 g/mol. The molecule has 3 heterocycles. The summed E-state index contributed by atoms with van der Waals surface area (Å²) >= 11 is 0. The van der Waals surface area contributed by atoms with Crippen LogP contribution in [0.5, 0.6) is 0 Å². The molecule has 0 saturated carbocycles. The van der Waals surface area contributed by atoms with Gasteiger partial charge in [-0.1, -0.05) is 18.2 Å². The maximum absolute atomic E-state index is 12.6. The average Bonchev–Trinajstić information content (AvgIpc) is 2.79. The fourth-order valence-corrected chi connectivity index (χ4v) is 5.36. The lowest BCUT2D eigenvalue weighted by molar-refractivity contribution is 0.0770. The summed E-state index contributed by atoms with van der Waals surface area (Å²) in [4.78, 5) is 23.4. The Morgan fingerprint density at radius 3 is 2.27 bits per heavy atom. The number of nitrogens with zero attached hydrogens (tertiary/aromatic N) is 4. The molecule has 0 atom stereocenters. The summed E-state index contributed by atoms with van der Waals surface area (Å²) in [7, 11) is -0.848. The number of sulfone groups is 1. The first-order valence-corrected chi connectivity index (χ1v) is 12.2. The van der Waals surface area contributed by atoms with Gasteiger partial charge in [-0.15, -0.1) is 0 Å². The molecule has 0 radical (unpaired) electrons. The highest BCUT2D eigenvalue weighted by molar-refractivity contribution is 7.91. The molecule has 0 bridgehead atoms. The lowest BCUT2D eigenvalue weighted by Crippen LogP contribution is -2.44. The summed E-state index contributed by atoms with van der Waals surface area (Å²) in [5, 5.41) is 0. The Hall–Kier alpha value is -2.61. The van der Waals surface area contributed by atoms with Crippen LogP contribution in [-0.4, -0.2) is 75.0 Å². The first-order chi connectivity index (χ1) is 14.4. The fraction of sp³-hybridized carbons (Fsp3) is 0.455. The van der Waals surface area contributed by atoms with Crippen molar-refractivity contribution in [2.75, 3.05) is 54.5 Å². The third kappa shape index (κ3) is 4.59. The van der Waals surface area contributed by atoms with Gasteiger partial charge in [0.25, 0.3) is 5.91 Å². The molecule has 2 aliphatic heterocycles. The molecule has 0 N–H and O–H groups in total. The Balaban J connectivity index is 1.33. The van der Waals surface area contributed by atoms with Crippen molar-refractivity contribution in [2.45, 2.75) is 18.9 Å². The molecule has 2 saturated heterocycles. The van der Waals surface area contributed by atoms with Crippen molar-refractivity contribution in [3.63, 3.8) is 0 Å². The van der Waals surface area contributed by atoms with Gasteiger partial charge in [-0.2, -0.15) is 0 Å². The summed E-state index contributed by atoms with van der Waals surface area (Å²) in [5.41, 5.74) is 1.75. The standard InChI is InChI=1S/C22H28N4O3S/c1-24(19-5-3-2-4-6-19)20-9-11-25(12-10-20)21-8-7-18(17-23-21)22(27)26-13-15-30(28,29)16-14-26/h2-8,17,20H,9-16H2,1H3. The molecule has 1 amide bonds. The van der Waals surface area contributed by atoms with Gasteiger partial charge < -0.3 is 14.7 Å². The van der Waals surface area contributed by atoms with Gasteiger partial charge in [0.15, 0.2) is 9.84 Å². The molecule has 0 unspecified atom stereocenters. The number of amides is 1. The number of rotatable bonds is 4. The van der Waals surface area contributed by atoms with E-state index in [1.54, 1.807) is 17.2 Å². The summed E-state index contributed by atoms with van der Waals surface area (Å²) in [5.74, 6) is 0.813. The zero-order chi connectivity index (χ0) is 21.1. The molecule has 1 aromatic carbocycles. The van der Waals surface area contributed by atoms with Gasteiger partial charge in [-0.25, -0.2) is 13.4 Å². The van der Waals surface area contributed by atoms with Gasteiger partial charge in [-0.3, -0.25) is 4.79 Å². The number of anilines is 2. The molecule has 0 spiro atoms. The number of benzene rings is 1. The topological polar surface area (TPSA) is 73.8 Å². The Bertz CT molecular complexity index is 957. The molecule has 4 rings (SSSR count). The monoisotopic (exact) mass is 428 g/mol. The van der Waals surface area contributed by atoms with E-state index in [4.69, 9.17) is 0 Å². The molecule has 30 heavy (non-hydrogen) atoms. The second-order valence-corrected chi connectivity index (χ2v) is 10.3. The highest BCUT2D eigenvalue weighted by Crippen LogP contribution is 2.24. The van der Waals surface area contributed by atoms with Crippen molar-refractivity contribution >= 4 is 27.2 Å². The minimum atomic E-state index is -3.00. The zero-order valence-corrected chi connectivity index (χ0v) is 18.1. The molecule has 2 aromatic rings. The van der Waals surface area contributed by atoms with Crippen LogP contribution in [0.2, 0.25) is 0 Å². The second kappa shape index (κ2) is 8.63. The Labute approximate surface area is 178 Å². The van der Waals surface area contributed by atoms with Crippen LogP contribution in [0.4, 0.5) is 11.5 Å². The second-order valence-electron chi connectivity index (χ2n) is 8.01. The van der Waals surface area contributed by atoms with E-state index >= 15 is 0 Å². The fourth-order valence-electron chi connectivity index (χ4n) is 4.15. The number of carbonyl (C=O) groups excluding carboxylic acids is 1. The maximum Gasteiger partial charge on any atom is 0.255 e. The number of para-hydroxylation sites is 1. The van der Waals surface area contributed by atoms with E-state index in [1.807, 2.05) is 12.1 Å². The Kier molecular flexibility index (Phi) is 5.94. The number of piperidine rings is 1. The summed E-state index contributed by atoms with van der Waals surface area (Å²) in [6.07, 6.45) is 3.72. The smallest absolute Gasteiger partial charge is 0.255 e.